The number of carboxylic acid groups (broad SMARTS) is 1. The molecule has 2 N–H and O–H groups in total. The summed E-state index contributed by atoms with van der Waals surface area (Å²) in [5, 5.41) is 15.9. The summed E-state index contributed by atoms with van der Waals surface area (Å²) in [6.45, 7) is 4.14. The SMILES string of the molecule is Cc1[nH]nc(C(=O)N2CCCCC2C(=O)O)c1C. The van der Waals surface area contributed by atoms with Crippen LogP contribution in [-0.2, 0) is 4.79 Å². The van der Waals surface area contributed by atoms with Crippen molar-refractivity contribution in [2.24, 2.45) is 0 Å². The summed E-state index contributed by atoms with van der Waals surface area (Å²) in [4.78, 5) is 24.9. The fourth-order valence-electron chi connectivity index (χ4n) is 2.26. The van der Waals surface area contributed by atoms with Crippen molar-refractivity contribution in [3.63, 3.8) is 0 Å². The smallest absolute Gasteiger partial charge is 0.326 e. The van der Waals surface area contributed by atoms with Crippen LogP contribution in [0.15, 0.2) is 0 Å². The van der Waals surface area contributed by atoms with Gasteiger partial charge in [-0.2, -0.15) is 5.10 Å². The summed E-state index contributed by atoms with van der Waals surface area (Å²) in [6, 6.07) is -0.720. The Hall–Kier alpha value is -1.85. The van der Waals surface area contributed by atoms with E-state index in [4.69, 9.17) is 5.11 Å². The van der Waals surface area contributed by atoms with E-state index in [0.717, 1.165) is 24.1 Å². The first-order valence-electron chi connectivity index (χ1n) is 6.07. The lowest BCUT2D eigenvalue weighted by molar-refractivity contribution is -0.143. The number of piperidine rings is 1. The molecule has 2 heterocycles. The first-order chi connectivity index (χ1) is 8.52. The molecule has 98 valence electrons. The van der Waals surface area contributed by atoms with Crippen molar-refractivity contribution in [1.82, 2.24) is 15.1 Å². The minimum Gasteiger partial charge on any atom is -0.480 e. The first-order valence-corrected chi connectivity index (χ1v) is 6.07. The molecule has 0 bridgehead atoms. The van der Waals surface area contributed by atoms with Crippen molar-refractivity contribution < 1.29 is 14.7 Å². The fourth-order valence-corrected chi connectivity index (χ4v) is 2.26. The van der Waals surface area contributed by atoms with Crippen molar-refractivity contribution in [2.75, 3.05) is 6.54 Å². The Morgan fingerprint density at radius 1 is 1.39 bits per heavy atom. The van der Waals surface area contributed by atoms with E-state index in [-0.39, 0.29) is 5.91 Å². The number of H-pyrrole nitrogens is 1. The van der Waals surface area contributed by atoms with Crippen LogP contribution in [0.25, 0.3) is 0 Å². The maximum absolute atomic E-state index is 12.3. The average molecular weight is 251 g/mol. The number of nitrogens with one attached hydrogen (secondary N) is 1. The average Bonchev–Trinajstić information content (AvgIpc) is 2.69. The fraction of sp³-hybridized carbons (Fsp3) is 0.583. The van der Waals surface area contributed by atoms with Crippen LogP contribution in [0.4, 0.5) is 0 Å². The number of nitrogens with zero attached hydrogens (tertiary/aromatic N) is 2. The van der Waals surface area contributed by atoms with Crippen molar-refractivity contribution in [1.29, 1.82) is 0 Å². The number of amides is 1. The number of likely N-dealkylation sites (tertiary alicyclic amines) is 1. The zero-order chi connectivity index (χ0) is 13.3. The second-order valence-electron chi connectivity index (χ2n) is 4.67. The third kappa shape index (κ3) is 2.10. The number of rotatable bonds is 2. The van der Waals surface area contributed by atoms with Gasteiger partial charge in [0.15, 0.2) is 5.69 Å². The zero-order valence-electron chi connectivity index (χ0n) is 10.6. The van der Waals surface area contributed by atoms with Crippen LogP contribution in [0.5, 0.6) is 0 Å². The van der Waals surface area contributed by atoms with Crippen LogP contribution in [-0.4, -0.2) is 44.7 Å². The lowest BCUT2D eigenvalue weighted by Gasteiger charge is -2.32. The molecule has 1 saturated heterocycles. The van der Waals surface area contributed by atoms with Gasteiger partial charge in [-0.3, -0.25) is 9.89 Å². The van der Waals surface area contributed by atoms with Gasteiger partial charge in [-0.25, -0.2) is 4.79 Å². The molecule has 2 rings (SSSR count). The van der Waals surface area contributed by atoms with E-state index in [2.05, 4.69) is 10.2 Å². The van der Waals surface area contributed by atoms with E-state index in [0.29, 0.717) is 18.7 Å². The third-order valence-corrected chi connectivity index (χ3v) is 3.50. The lowest BCUT2D eigenvalue weighted by Crippen LogP contribution is -2.48. The molecule has 1 unspecified atom stereocenters. The van der Waals surface area contributed by atoms with E-state index in [1.807, 2.05) is 13.8 Å². The summed E-state index contributed by atoms with van der Waals surface area (Å²) in [5.74, 6) is -1.23. The molecule has 0 aliphatic carbocycles. The van der Waals surface area contributed by atoms with Gasteiger partial charge in [0.05, 0.1) is 0 Å². The molecule has 0 aromatic carbocycles. The molecule has 0 saturated carbocycles. The molecule has 1 aromatic heterocycles. The van der Waals surface area contributed by atoms with Crippen LogP contribution < -0.4 is 0 Å². The number of hydrogen-bond donors (Lipinski definition) is 2. The predicted octanol–water partition coefficient (Wildman–Crippen LogP) is 1.11. The Bertz CT molecular complexity index is 481. The van der Waals surface area contributed by atoms with Crippen LogP contribution in [0.2, 0.25) is 0 Å². The minimum atomic E-state index is -0.937. The highest BCUT2D eigenvalue weighted by molar-refractivity contribution is 5.96. The predicted molar refractivity (Wildman–Crippen MR) is 64.4 cm³/mol. The second-order valence-corrected chi connectivity index (χ2v) is 4.67. The minimum absolute atomic E-state index is 0.288. The van der Waals surface area contributed by atoms with Crippen LogP contribution in [0, 0.1) is 13.8 Å². The summed E-state index contributed by atoms with van der Waals surface area (Å²) in [6.07, 6.45) is 2.21. The van der Waals surface area contributed by atoms with E-state index in [1.165, 1.54) is 4.90 Å². The molecule has 6 nitrogen and oxygen atoms in total. The van der Waals surface area contributed by atoms with E-state index in [9.17, 15) is 9.59 Å². The highest BCUT2D eigenvalue weighted by Crippen LogP contribution is 2.21. The molecule has 1 fully saturated rings. The number of aryl methyl sites for hydroxylation is 1. The van der Waals surface area contributed by atoms with Crippen molar-refractivity contribution in [3.8, 4) is 0 Å². The van der Waals surface area contributed by atoms with Gasteiger partial charge in [-0.15, -0.1) is 0 Å². The van der Waals surface area contributed by atoms with Gasteiger partial charge in [0.25, 0.3) is 5.91 Å². The monoisotopic (exact) mass is 251 g/mol. The number of carbonyl (C=O) groups excluding carboxylic acids is 1. The van der Waals surface area contributed by atoms with Gasteiger partial charge < -0.3 is 10.0 Å². The molecule has 0 radical (unpaired) electrons. The third-order valence-electron chi connectivity index (χ3n) is 3.50. The Morgan fingerprint density at radius 2 is 2.11 bits per heavy atom. The largest absolute Gasteiger partial charge is 0.480 e. The van der Waals surface area contributed by atoms with Crippen LogP contribution in [0.1, 0.15) is 41.0 Å². The summed E-state index contributed by atoms with van der Waals surface area (Å²) in [5.41, 5.74) is 1.96. The number of aliphatic carboxylic acids is 1. The van der Waals surface area contributed by atoms with Gasteiger partial charge in [-0.05, 0) is 33.1 Å². The number of carbonyl (C=O) groups is 2. The van der Waals surface area contributed by atoms with Gasteiger partial charge in [-0.1, -0.05) is 0 Å². The Morgan fingerprint density at radius 3 is 2.67 bits per heavy atom. The van der Waals surface area contributed by atoms with Crippen LogP contribution >= 0.6 is 0 Å². The number of hydrogen-bond acceptors (Lipinski definition) is 3. The van der Waals surface area contributed by atoms with Crippen molar-refractivity contribution >= 4 is 11.9 Å². The highest BCUT2D eigenvalue weighted by Gasteiger charge is 2.34. The molecule has 1 atom stereocenters. The molecule has 1 aliphatic rings. The van der Waals surface area contributed by atoms with Gasteiger partial charge in [0.1, 0.15) is 6.04 Å². The van der Waals surface area contributed by atoms with E-state index < -0.39 is 12.0 Å². The highest BCUT2D eigenvalue weighted by atomic mass is 16.4. The molecule has 0 spiro atoms. The van der Waals surface area contributed by atoms with Gasteiger partial charge >= 0.3 is 5.97 Å². The summed E-state index contributed by atoms with van der Waals surface area (Å²) >= 11 is 0. The molecule has 18 heavy (non-hydrogen) atoms. The Labute approximate surface area is 105 Å². The molecule has 1 aromatic rings. The topological polar surface area (TPSA) is 86.3 Å². The number of aromatic amines is 1. The van der Waals surface area contributed by atoms with Gasteiger partial charge in [0.2, 0.25) is 0 Å². The maximum Gasteiger partial charge on any atom is 0.326 e. The quantitative estimate of drug-likeness (QED) is 0.824. The molecule has 6 heteroatoms. The van der Waals surface area contributed by atoms with Gasteiger partial charge in [0, 0.05) is 17.8 Å². The Balaban J connectivity index is 2.26. The second kappa shape index (κ2) is 4.80. The number of carboxylic acids is 1. The summed E-state index contributed by atoms with van der Waals surface area (Å²) < 4.78 is 0. The number of aromatic nitrogens is 2. The summed E-state index contributed by atoms with van der Waals surface area (Å²) in [7, 11) is 0. The standard InChI is InChI=1S/C12H17N3O3/c1-7-8(2)13-14-10(7)11(16)15-6-4-3-5-9(15)12(17)18/h9H,3-6H2,1-2H3,(H,13,14)(H,17,18). The maximum atomic E-state index is 12.3. The van der Waals surface area contributed by atoms with Crippen molar-refractivity contribution in [2.45, 2.75) is 39.2 Å². The Kier molecular flexibility index (Phi) is 3.36. The lowest BCUT2D eigenvalue weighted by atomic mass is 10.0. The molecular weight excluding hydrogens is 234 g/mol. The first kappa shape index (κ1) is 12.6. The van der Waals surface area contributed by atoms with E-state index in [1.54, 1.807) is 0 Å². The molecule has 1 amide bonds. The van der Waals surface area contributed by atoms with Crippen molar-refractivity contribution in [3.05, 3.63) is 17.0 Å². The van der Waals surface area contributed by atoms with Crippen LogP contribution in [0.3, 0.4) is 0 Å². The zero-order valence-corrected chi connectivity index (χ0v) is 10.6. The normalized spacial score (nSPS) is 19.9. The molecule has 1 aliphatic heterocycles. The molecular formula is C12H17N3O3. The van der Waals surface area contributed by atoms with E-state index >= 15 is 0 Å².